The van der Waals surface area contributed by atoms with Gasteiger partial charge in [-0.05, 0) is 24.6 Å². The molecule has 104 valence electrons. The van der Waals surface area contributed by atoms with E-state index >= 15 is 0 Å². The van der Waals surface area contributed by atoms with Crippen LogP contribution in [0.2, 0.25) is 0 Å². The van der Waals surface area contributed by atoms with Gasteiger partial charge in [-0.15, -0.1) is 0 Å². The van der Waals surface area contributed by atoms with Crippen LogP contribution in [-0.2, 0) is 10.0 Å². The number of sulfonamides is 1. The van der Waals surface area contributed by atoms with E-state index in [1.165, 1.54) is 12.4 Å². The largest absolute Gasteiger partial charge is 0.320 e. The van der Waals surface area contributed by atoms with E-state index in [-0.39, 0.29) is 11.4 Å². The molecule has 0 amide bonds. The Morgan fingerprint density at radius 2 is 2.25 bits per heavy atom. The maximum Gasteiger partial charge on any atom is 0.265 e. The Hall–Kier alpha value is -2.30. The Labute approximate surface area is 117 Å². The van der Waals surface area contributed by atoms with Crippen LogP contribution in [0.5, 0.6) is 0 Å². The van der Waals surface area contributed by atoms with Gasteiger partial charge in [0, 0.05) is 11.8 Å². The highest BCUT2D eigenvalue weighted by Gasteiger charge is 2.15. The number of nitrogens with two attached hydrogens (primary N) is 1. The molecule has 0 aliphatic heterocycles. The topological polar surface area (TPSA) is 101 Å². The smallest absolute Gasteiger partial charge is 0.265 e. The third-order valence-electron chi connectivity index (χ3n) is 2.60. The fourth-order valence-electron chi connectivity index (χ4n) is 1.57. The standard InChI is InChI=1S/C13H14N4O2S/c1-10-4-5-12(7-11(10)3-2-6-14)17-20(18,19)13-8-15-16-9-13/h4-5,7-9,17H,6,14H2,1H3,(H,15,16). The van der Waals surface area contributed by atoms with Crippen LogP contribution in [0.25, 0.3) is 0 Å². The van der Waals surface area contributed by atoms with Crippen molar-refractivity contribution in [1.82, 2.24) is 10.2 Å². The van der Waals surface area contributed by atoms with Gasteiger partial charge >= 0.3 is 0 Å². The molecule has 1 aromatic heterocycles. The summed E-state index contributed by atoms with van der Waals surface area (Å²) in [5.74, 6) is 5.65. The number of benzene rings is 1. The van der Waals surface area contributed by atoms with E-state index in [0.717, 1.165) is 11.1 Å². The van der Waals surface area contributed by atoms with Crippen molar-refractivity contribution in [2.24, 2.45) is 5.73 Å². The summed E-state index contributed by atoms with van der Waals surface area (Å²) in [6.45, 7) is 2.15. The molecule has 0 saturated carbocycles. The van der Waals surface area contributed by atoms with Crippen LogP contribution in [-0.4, -0.2) is 25.2 Å². The Balaban J connectivity index is 2.31. The first-order valence-electron chi connectivity index (χ1n) is 5.84. The zero-order valence-electron chi connectivity index (χ0n) is 10.8. The molecule has 1 heterocycles. The summed E-state index contributed by atoms with van der Waals surface area (Å²) < 4.78 is 26.6. The van der Waals surface area contributed by atoms with Crippen LogP contribution in [0.15, 0.2) is 35.5 Å². The number of nitrogens with one attached hydrogen (secondary N) is 2. The van der Waals surface area contributed by atoms with Crippen molar-refractivity contribution in [2.45, 2.75) is 11.8 Å². The number of aryl methyl sites for hydroxylation is 1. The molecule has 0 aliphatic carbocycles. The molecule has 4 N–H and O–H groups in total. The van der Waals surface area contributed by atoms with Gasteiger partial charge in [-0.25, -0.2) is 8.42 Å². The molecule has 0 atom stereocenters. The van der Waals surface area contributed by atoms with E-state index in [1.54, 1.807) is 18.2 Å². The summed E-state index contributed by atoms with van der Waals surface area (Å²) in [7, 11) is -3.64. The predicted molar refractivity (Wildman–Crippen MR) is 76.5 cm³/mol. The molecule has 0 spiro atoms. The van der Waals surface area contributed by atoms with Crippen LogP contribution in [0, 0.1) is 18.8 Å². The van der Waals surface area contributed by atoms with Gasteiger partial charge in [0.05, 0.1) is 18.4 Å². The zero-order chi connectivity index (χ0) is 14.6. The number of rotatable bonds is 3. The normalized spacial score (nSPS) is 10.7. The lowest BCUT2D eigenvalue weighted by Crippen LogP contribution is -2.12. The minimum Gasteiger partial charge on any atom is -0.320 e. The predicted octanol–water partition coefficient (Wildman–Crippen LogP) is 0.829. The molecule has 6 nitrogen and oxygen atoms in total. The Kier molecular flexibility index (Phi) is 4.08. The van der Waals surface area contributed by atoms with Gasteiger partial charge in [0.25, 0.3) is 10.0 Å². The molecule has 0 aliphatic rings. The maximum absolute atomic E-state index is 12.0. The first kappa shape index (κ1) is 14.1. The van der Waals surface area contributed by atoms with Crippen LogP contribution in [0.4, 0.5) is 5.69 Å². The Morgan fingerprint density at radius 3 is 2.90 bits per heavy atom. The first-order valence-corrected chi connectivity index (χ1v) is 7.32. The van der Waals surface area contributed by atoms with Crippen molar-refractivity contribution < 1.29 is 8.42 Å². The zero-order valence-corrected chi connectivity index (χ0v) is 11.7. The minimum absolute atomic E-state index is 0.0765. The van der Waals surface area contributed by atoms with Gasteiger partial charge in [0.15, 0.2) is 0 Å². The van der Waals surface area contributed by atoms with Gasteiger partial charge in [0.1, 0.15) is 4.90 Å². The average molecular weight is 290 g/mol. The summed E-state index contributed by atoms with van der Waals surface area (Å²) in [5, 5.41) is 6.09. The molecule has 0 unspecified atom stereocenters. The van der Waals surface area contributed by atoms with Crippen LogP contribution < -0.4 is 10.5 Å². The molecule has 0 radical (unpaired) electrons. The number of aromatic amines is 1. The van der Waals surface area contributed by atoms with Crippen LogP contribution >= 0.6 is 0 Å². The van der Waals surface area contributed by atoms with Crippen molar-refractivity contribution in [2.75, 3.05) is 11.3 Å². The average Bonchev–Trinajstić information content (AvgIpc) is 2.94. The fourth-order valence-corrected chi connectivity index (χ4v) is 2.52. The van der Waals surface area contributed by atoms with Crippen molar-refractivity contribution in [3.05, 3.63) is 41.7 Å². The lowest BCUT2D eigenvalue weighted by molar-refractivity contribution is 0.601. The van der Waals surface area contributed by atoms with Crippen molar-refractivity contribution in [3.8, 4) is 11.8 Å². The van der Waals surface area contributed by atoms with E-state index in [9.17, 15) is 8.42 Å². The van der Waals surface area contributed by atoms with Gasteiger partial charge < -0.3 is 5.73 Å². The molecular formula is C13H14N4O2S. The van der Waals surface area contributed by atoms with Gasteiger partial charge in [-0.1, -0.05) is 17.9 Å². The summed E-state index contributed by atoms with van der Waals surface area (Å²) >= 11 is 0. The second kappa shape index (κ2) is 5.77. The highest BCUT2D eigenvalue weighted by Crippen LogP contribution is 2.18. The summed E-state index contributed by atoms with van der Waals surface area (Å²) in [4.78, 5) is 0.0765. The quantitative estimate of drug-likeness (QED) is 0.729. The van der Waals surface area contributed by atoms with E-state index in [2.05, 4.69) is 26.8 Å². The van der Waals surface area contributed by atoms with Crippen molar-refractivity contribution in [3.63, 3.8) is 0 Å². The molecule has 1 aromatic carbocycles. The van der Waals surface area contributed by atoms with Gasteiger partial charge in [-0.2, -0.15) is 5.10 Å². The second-order valence-electron chi connectivity index (χ2n) is 4.08. The molecule has 2 rings (SSSR count). The Bertz CT molecular complexity index is 755. The van der Waals surface area contributed by atoms with Crippen molar-refractivity contribution in [1.29, 1.82) is 0 Å². The SMILES string of the molecule is Cc1ccc(NS(=O)(=O)c2cn[nH]c2)cc1C#CCN. The van der Waals surface area contributed by atoms with E-state index in [0.29, 0.717) is 5.69 Å². The lowest BCUT2D eigenvalue weighted by atomic mass is 10.1. The number of hydrogen-bond acceptors (Lipinski definition) is 4. The minimum atomic E-state index is -3.64. The molecule has 0 fully saturated rings. The van der Waals surface area contributed by atoms with E-state index in [1.807, 2.05) is 6.92 Å². The summed E-state index contributed by atoms with van der Waals surface area (Å²) in [6.07, 6.45) is 2.55. The number of hydrogen-bond donors (Lipinski definition) is 3. The number of H-pyrrole nitrogens is 1. The summed E-state index contributed by atoms with van der Waals surface area (Å²) in [5.41, 5.74) is 7.47. The van der Waals surface area contributed by atoms with E-state index in [4.69, 9.17) is 5.73 Å². The second-order valence-corrected chi connectivity index (χ2v) is 5.76. The highest BCUT2D eigenvalue weighted by molar-refractivity contribution is 7.92. The monoisotopic (exact) mass is 290 g/mol. The fraction of sp³-hybridized carbons (Fsp3) is 0.154. The summed E-state index contributed by atoms with van der Waals surface area (Å²) in [6, 6.07) is 5.16. The van der Waals surface area contributed by atoms with E-state index < -0.39 is 10.0 Å². The van der Waals surface area contributed by atoms with Crippen LogP contribution in [0.1, 0.15) is 11.1 Å². The number of nitrogens with zero attached hydrogens (tertiary/aromatic N) is 1. The molecular weight excluding hydrogens is 276 g/mol. The molecule has 2 aromatic rings. The molecule has 20 heavy (non-hydrogen) atoms. The van der Waals surface area contributed by atoms with Crippen LogP contribution in [0.3, 0.4) is 0 Å². The first-order chi connectivity index (χ1) is 9.53. The van der Waals surface area contributed by atoms with Gasteiger partial charge in [0.2, 0.25) is 0 Å². The lowest BCUT2D eigenvalue weighted by Gasteiger charge is -2.07. The molecule has 0 bridgehead atoms. The third kappa shape index (κ3) is 3.17. The number of anilines is 1. The molecule has 0 saturated heterocycles. The third-order valence-corrected chi connectivity index (χ3v) is 3.95. The number of aromatic nitrogens is 2. The van der Waals surface area contributed by atoms with Crippen molar-refractivity contribution >= 4 is 15.7 Å². The highest BCUT2D eigenvalue weighted by atomic mass is 32.2. The molecule has 7 heteroatoms. The maximum atomic E-state index is 12.0. The van der Waals surface area contributed by atoms with Gasteiger partial charge in [-0.3, -0.25) is 9.82 Å². The Morgan fingerprint density at radius 1 is 1.45 bits per heavy atom.